The molecule has 0 aromatic carbocycles. The Hall–Kier alpha value is -2.71. The van der Waals surface area contributed by atoms with Gasteiger partial charge >= 0.3 is 5.88 Å². The van der Waals surface area contributed by atoms with Gasteiger partial charge in [0.1, 0.15) is 10.7 Å². The molecular weight excluding hydrogens is 372 g/mol. The second-order valence-corrected chi connectivity index (χ2v) is 7.75. The Morgan fingerprint density at radius 3 is 2.88 bits per heavy atom. The van der Waals surface area contributed by atoms with Crippen LogP contribution in [0.4, 0.5) is 5.88 Å². The standard InChI is InChI=1S/C18H14N2O4S2/c21-16(5-3-12-4-6-17(24-12)20(22)23)19-9-7-14-13(8-11-26-14)18(19)15-2-1-10-25-15/h1-6,8,10-11,18H,7,9H2/b5-3+/t18-/m1/s1. The second kappa shape index (κ2) is 6.89. The minimum absolute atomic E-state index is 0.0897. The smallest absolute Gasteiger partial charge is 0.401 e. The van der Waals surface area contributed by atoms with Gasteiger partial charge in [0.25, 0.3) is 0 Å². The third-order valence-electron chi connectivity index (χ3n) is 4.24. The van der Waals surface area contributed by atoms with Gasteiger partial charge in [-0.2, -0.15) is 0 Å². The highest BCUT2D eigenvalue weighted by molar-refractivity contribution is 7.10. The molecular formula is C18H14N2O4S2. The van der Waals surface area contributed by atoms with E-state index >= 15 is 0 Å². The first-order valence-electron chi connectivity index (χ1n) is 7.96. The van der Waals surface area contributed by atoms with Crippen molar-refractivity contribution in [2.45, 2.75) is 12.5 Å². The Balaban J connectivity index is 1.60. The number of furan rings is 1. The average Bonchev–Trinajstić information content (AvgIpc) is 3.39. The summed E-state index contributed by atoms with van der Waals surface area (Å²) >= 11 is 3.36. The Kier molecular flexibility index (Phi) is 4.44. The summed E-state index contributed by atoms with van der Waals surface area (Å²) in [5, 5.41) is 14.8. The summed E-state index contributed by atoms with van der Waals surface area (Å²) in [5.74, 6) is -0.195. The molecule has 26 heavy (non-hydrogen) atoms. The number of nitrogens with zero attached hydrogens (tertiary/aromatic N) is 2. The molecule has 0 unspecified atom stereocenters. The third-order valence-corrected chi connectivity index (χ3v) is 6.17. The first kappa shape index (κ1) is 16.7. The second-order valence-electron chi connectivity index (χ2n) is 5.77. The van der Waals surface area contributed by atoms with Gasteiger partial charge in [-0.05, 0) is 47.0 Å². The molecule has 0 radical (unpaired) electrons. The predicted octanol–water partition coefficient (Wildman–Crippen LogP) is 4.50. The van der Waals surface area contributed by atoms with Gasteiger partial charge in [-0.15, -0.1) is 22.7 Å². The van der Waals surface area contributed by atoms with E-state index in [-0.39, 0.29) is 23.6 Å². The lowest BCUT2D eigenvalue weighted by Crippen LogP contribution is -2.38. The number of hydrogen-bond donors (Lipinski definition) is 0. The van der Waals surface area contributed by atoms with Crippen LogP contribution in [0.25, 0.3) is 6.08 Å². The molecule has 4 rings (SSSR count). The van der Waals surface area contributed by atoms with Crippen molar-refractivity contribution in [2.75, 3.05) is 6.54 Å². The Morgan fingerprint density at radius 1 is 1.27 bits per heavy atom. The fourth-order valence-electron chi connectivity index (χ4n) is 3.09. The van der Waals surface area contributed by atoms with Gasteiger partial charge in [-0.25, -0.2) is 0 Å². The van der Waals surface area contributed by atoms with E-state index < -0.39 is 4.92 Å². The largest absolute Gasteiger partial charge is 0.433 e. The van der Waals surface area contributed by atoms with Crippen molar-refractivity contribution in [1.29, 1.82) is 0 Å². The molecule has 1 aliphatic rings. The molecule has 1 amide bonds. The van der Waals surface area contributed by atoms with E-state index in [1.165, 1.54) is 34.7 Å². The summed E-state index contributed by atoms with van der Waals surface area (Å²) in [5.41, 5.74) is 1.18. The molecule has 0 N–H and O–H groups in total. The molecule has 0 saturated carbocycles. The number of thiophene rings is 2. The Labute approximate surface area is 157 Å². The molecule has 0 aliphatic carbocycles. The highest BCUT2D eigenvalue weighted by atomic mass is 32.1. The lowest BCUT2D eigenvalue weighted by atomic mass is 9.98. The van der Waals surface area contributed by atoms with Crippen LogP contribution in [0.2, 0.25) is 0 Å². The van der Waals surface area contributed by atoms with Crippen LogP contribution in [-0.4, -0.2) is 22.3 Å². The number of rotatable bonds is 4. The van der Waals surface area contributed by atoms with Gasteiger partial charge in [0.15, 0.2) is 0 Å². The number of fused-ring (bicyclic) bond motifs is 1. The first-order chi connectivity index (χ1) is 12.6. The highest BCUT2D eigenvalue weighted by Crippen LogP contribution is 2.39. The van der Waals surface area contributed by atoms with Gasteiger partial charge in [-0.1, -0.05) is 6.07 Å². The zero-order chi connectivity index (χ0) is 18.1. The van der Waals surface area contributed by atoms with E-state index in [2.05, 4.69) is 11.4 Å². The van der Waals surface area contributed by atoms with E-state index in [0.717, 1.165) is 11.3 Å². The van der Waals surface area contributed by atoms with Crippen LogP contribution < -0.4 is 0 Å². The van der Waals surface area contributed by atoms with Crippen molar-refractivity contribution in [3.8, 4) is 0 Å². The van der Waals surface area contributed by atoms with Gasteiger partial charge in [0.05, 0.1) is 12.1 Å². The fraction of sp³-hybridized carbons (Fsp3) is 0.167. The zero-order valence-corrected chi connectivity index (χ0v) is 15.2. The topological polar surface area (TPSA) is 76.6 Å². The molecule has 4 heterocycles. The third kappa shape index (κ3) is 3.09. The first-order valence-corrected chi connectivity index (χ1v) is 9.72. The van der Waals surface area contributed by atoms with Crippen molar-refractivity contribution < 1.29 is 14.1 Å². The maximum Gasteiger partial charge on any atom is 0.433 e. The molecule has 0 saturated heterocycles. The quantitative estimate of drug-likeness (QED) is 0.376. The highest BCUT2D eigenvalue weighted by Gasteiger charge is 2.32. The Morgan fingerprint density at radius 2 is 2.15 bits per heavy atom. The number of hydrogen-bond acceptors (Lipinski definition) is 6. The molecule has 0 spiro atoms. The monoisotopic (exact) mass is 386 g/mol. The molecule has 6 nitrogen and oxygen atoms in total. The summed E-state index contributed by atoms with van der Waals surface area (Å²) in [4.78, 5) is 27.2. The number of carbonyl (C=O) groups excluding carboxylic acids is 1. The number of carbonyl (C=O) groups is 1. The maximum absolute atomic E-state index is 12.8. The van der Waals surface area contributed by atoms with Crippen LogP contribution >= 0.6 is 22.7 Å². The van der Waals surface area contributed by atoms with E-state index in [1.54, 1.807) is 22.7 Å². The Bertz CT molecular complexity index is 971. The maximum atomic E-state index is 12.8. The summed E-state index contributed by atoms with van der Waals surface area (Å²) in [6.07, 6.45) is 3.73. The van der Waals surface area contributed by atoms with Crippen LogP contribution in [0.3, 0.4) is 0 Å². The molecule has 1 aliphatic heterocycles. The van der Waals surface area contributed by atoms with Crippen LogP contribution in [0.15, 0.2) is 51.6 Å². The van der Waals surface area contributed by atoms with E-state index in [1.807, 2.05) is 22.4 Å². The van der Waals surface area contributed by atoms with Crippen molar-refractivity contribution in [3.05, 3.63) is 78.4 Å². The van der Waals surface area contributed by atoms with Gasteiger partial charge in [-0.3, -0.25) is 14.9 Å². The lowest BCUT2D eigenvalue weighted by Gasteiger charge is -2.34. The average molecular weight is 386 g/mol. The molecule has 3 aromatic rings. The van der Waals surface area contributed by atoms with Crippen molar-refractivity contribution in [2.24, 2.45) is 0 Å². The summed E-state index contributed by atoms with van der Waals surface area (Å²) in [6, 6.07) is 8.78. The summed E-state index contributed by atoms with van der Waals surface area (Å²) in [7, 11) is 0. The molecule has 1 atom stereocenters. The zero-order valence-electron chi connectivity index (χ0n) is 13.5. The normalized spacial score (nSPS) is 16.8. The van der Waals surface area contributed by atoms with Gasteiger partial charge in [0.2, 0.25) is 5.91 Å². The minimum Gasteiger partial charge on any atom is -0.401 e. The molecule has 0 bridgehead atoms. The van der Waals surface area contributed by atoms with Crippen LogP contribution in [0.1, 0.15) is 27.1 Å². The van der Waals surface area contributed by atoms with Crippen LogP contribution in [0.5, 0.6) is 0 Å². The number of nitro groups is 1. The van der Waals surface area contributed by atoms with E-state index in [4.69, 9.17) is 4.42 Å². The van der Waals surface area contributed by atoms with Crippen molar-refractivity contribution in [3.63, 3.8) is 0 Å². The van der Waals surface area contributed by atoms with Crippen molar-refractivity contribution >= 4 is 40.5 Å². The van der Waals surface area contributed by atoms with E-state index in [9.17, 15) is 14.9 Å². The number of amides is 1. The van der Waals surface area contributed by atoms with Crippen LogP contribution in [-0.2, 0) is 11.2 Å². The SMILES string of the molecule is O=C(/C=C/c1ccc([N+](=O)[O-])o1)N1CCc2sccc2[C@@H]1c1cccs1. The van der Waals surface area contributed by atoms with E-state index in [0.29, 0.717) is 6.54 Å². The molecule has 3 aromatic heterocycles. The molecule has 0 fully saturated rings. The molecule has 132 valence electrons. The summed E-state index contributed by atoms with van der Waals surface area (Å²) < 4.78 is 5.07. The fourth-order valence-corrected chi connectivity index (χ4v) is 4.84. The van der Waals surface area contributed by atoms with Crippen molar-refractivity contribution in [1.82, 2.24) is 4.90 Å². The van der Waals surface area contributed by atoms with Gasteiger partial charge < -0.3 is 9.32 Å². The molecule has 8 heteroatoms. The van der Waals surface area contributed by atoms with Crippen LogP contribution in [0, 0.1) is 10.1 Å². The summed E-state index contributed by atoms with van der Waals surface area (Å²) in [6.45, 7) is 0.636. The predicted molar refractivity (Wildman–Crippen MR) is 100 cm³/mol. The van der Waals surface area contributed by atoms with Gasteiger partial charge in [0, 0.05) is 22.4 Å². The lowest BCUT2D eigenvalue weighted by molar-refractivity contribution is -0.402. The minimum atomic E-state index is -0.602.